The van der Waals surface area contributed by atoms with Crippen LogP contribution < -0.4 is 5.32 Å². The van der Waals surface area contributed by atoms with E-state index in [-0.39, 0.29) is 11.8 Å². The third kappa shape index (κ3) is 3.76. The lowest BCUT2D eigenvalue weighted by atomic mass is 10.1. The summed E-state index contributed by atoms with van der Waals surface area (Å²) < 4.78 is 2.96. The maximum atomic E-state index is 12.6. The molecule has 6 heteroatoms. The summed E-state index contributed by atoms with van der Waals surface area (Å²) in [6.07, 6.45) is 3.87. The molecule has 0 radical (unpaired) electrons. The SMILES string of the molecule is CC(C)c1nc(-n2cccc2)sc1C(=O)NCc1ccc(Br)cc1. The van der Waals surface area contributed by atoms with Crippen LogP contribution in [0.3, 0.4) is 0 Å². The largest absolute Gasteiger partial charge is 0.347 e. The molecule has 1 amide bonds. The molecule has 0 saturated carbocycles. The number of hydrogen-bond acceptors (Lipinski definition) is 3. The van der Waals surface area contributed by atoms with E-state index in [0.717, 1.165) is 20.9 Å². The first-order valence-corrected chi connectivity index (χ1v) is 9.32. The van der Waals surface area contributed by atoms with Crippen molar-refractivity contribution >= 4 is 33.2 Å². The minimum atomic E-state index is -0.0717. The normalized spacial score (nSPS) is 11.0. The van der Waals surface area contributed by atoms with Crippen molar-refractivity contribution in [1.82, 2.24) is 14.9 Å². The van der Waals surface area contributed by atoms with Gasteiger partial charge in [-0.2, -0.15) is 0 Å². The van der Waals surface area contributed by atoms with Crippen LogP contribution in [0.15, 0.2) is 53.3 Å². The number of halogens is 1. The van der Waals surface area contributed by atoms with E-state index in [0.29, 0.717) is 11.4 Å². The van der Waals surface area contributed by atoms with Crippen LogP contribution in [0.4, 0.5) is 0 Å². The minimum Gasteiger partial charge on any atom is -0.347 e. The standard InChI is InChI=1S/C18H18BrN3OS/c1-12(2)15-16(24-18(21-15)22-9-3-4-10-22)17(23)20-11-13-5-7-14(19)8-6-13/h3-10,12H,11H2,1-2H3,(H,20,23). The van der Waals surface area contributed by atoms with Crippen molar-refractivity contribution in [1.29, 1.82) is 0 Å². The van der Waals surface area contributed by atoms with Crippen LogP contribution in [0.25, 0.3) is 5.13 Å². The minimum absolute atomic E-state index is 0.0717. The van der Waals surface area contributed by atoms with Gasteiger partial charge in [-0.15, -0.1) is 0 Å². The van der Waals surface area contributed by atoms with Gasteiger partial charge in [-0.1, -0.05) is 53.2 Å². The quantitative estimate of drug-likeness (QED) is 0.667. The maximum Gasteiger partial charge on any atom is 0.263 e. The van der Waals surface area contributed by atoms with Gasteiger partial charge in [-0.3, -0.25) is 4.79 Å². The second kappa shape index (κ2) is 7.32. The van der Waals surface area contributed by atoms with Gasteiger partial charge < -0.3 is 9.88 Å². The molecule has 0 aliphatic carbocycles. The molecule has 0 aliphatic heterocycles. The highest BCUT2D eigenvalue weighted by molar-refractivity contribution is 9.10. The van der Waals surface area contributed by atoms with E-state index in [4.69, 9.17) is 0 Å². The lowest BCUT2D eigenvalue weighted by Crippen LogP contribution is -2.23. The van der Waals surface area contributed by atoms with E-state index in [1.807, 2.05) is 53.4 Å². The maximum absolute atomic E-state index is 12.6. The Balaban J connectivity index is 1.79. The van der Waals surface area contributed by atoms with Gasteiger partial charge in [0.05, 0.1) is 5.69 Å². The van der Waals surface area contributed by atoms with Crippen LogP contribution in [-0.4, -0.2) is 15.5 Å². The Kier molecular flexibility index (Phi) is 5.16. The highest BCUT2D eigenvalue weighted by atomic mass is 79.9. The molecule has 3 rings (SSSR count). The van der Waals surface area contributed by atoms with E-state index >= 15 is 0 Å². The van der Waals surface area contributed by atoms with Crippen molar-refractivity contribution in [3.8, 4) is 5.13 Å². The molecule has 3 aromatic rings. The Bertz CT molecular complexity index is 823. The summed E-state index contributed by atoms with van der Waals surface area (Å²) in [7, 11) is 0. The third-order valence-electron chi connectivity index (χ3n) is 3.59. The number of rotatable bonds is 5. The molecule has 4 nitrogen and oxygen atoms in total. The van der Waals surface area contributed by atoms with E-state index in [9.17, 15) is 4.79 Å². The molecule has 1 aromatic carbocycles. The fourth-order valence-electron chi connectivity index (χ4n) is 2.31. The van der Waals surface area contributed by atoms with Gasteiger partial charge in [-0.05, 0) is 35.7 Å². The van der Waals surface area contributed by atoms with E-state index in [1.165, 1.54) is 11.3 Å². The Labute approximate surface area is 153 Å². The molecular weight excluding hydrogens is 386 g/mol. The number of hydrogen-bond donors (Lipinski definition) is 1. The zero-order valence-electron chi connectivity index (χ0n) is 13.5. The number of nitrogens with zero attached hydrogens (tertiary/aromatic N) is 2. The number of thiazole rings is 1. The zero-order chi connectivity index (χ0) is 17.1. The highest BCUT2D eigenvalue weighted by Crippen LogP contribution is 2.27. The van der Waals surface area contributed by atoms with Gasteiger partial charge in [0.2, 0.25) is 0 Å². The number of carbonyl (C=O) groups excluding carboxylic acids is 1. The summed E-state index contributed by atoms with van der Waals surface area (Å²) in [5.41, 5.74) is 1.91. The van der Waals surface area contributed by atoms with Gasteiger partial charge >= 0.3 is 0 Å². The Hall–Kier alpha value is -1.92. The van der Waals surface area contributed by atoms with Crippen LogP contribution >= 0.6 is 27.3 Å². The molecule has 0 atom stereocenters. The van der Waals surface area contributed by atoms with Crippen LogP contribution in [0.5, 0.6) is 0 Å². The van der Waals surface area contributed by atoms with Gasteiger partial charge in [-0.25, -0.2) is 4.98 Å². The molecule has 0 aliphatic rings. The van der Waals surface area contributed by atoms with Crippen molar-refractivity contribution in [3.63, 3.8) is 0 Å². The monoisotopic (exact) mass is 403 g/mol. The first kappa shape index (κ1) is 16.9. The molecule has 0 saturated heterocycles. The van der Waals surface area contributed by atoms with Crippen LogP contribution in [0, 0.1) is 0 Å². The molecule has 2 aromatic heterocycles. The van der Waals surface area contributed by atoms with Gasteiger partial charge in [0, 0.05) is 23.4 Å². The first-order valence-electron chi connectivity index (χ1n) is 7.71. The molecule has 0 spiro atoms. The van der Waals surface area contributed by atoms with E-state index in [2.05, 4.69) is 40.1 Å². The topological polar surface area (TPSA) is 46.9 Å². The van der Waals surface area contributed by atoms with Crippen molar-refractivity contribution in [3.05, 3.63) is 69.4 Å². The van der Waals surface area contributed by atoms with Crippen LogP contribution in [-0.2, 0) is 6.54 Å². The summed E-state index contributed by atoms with van der Waals surface area (Å²) in [6.45, 7) is 4.61. The molecular formula is C18H18BrN3OS. The van der Waals surface area contributed by atoms with Crippen molar-refractivity contribution in [2.24, 2.45) is 0 Å². The predicted molar refractivity (Wildman–Crippen MR) is 101 cm³/mol. The summed E-state index contributed by atoms with van der Waals surface area (Å²) in [4.78, 5) is 18.0. The Morgan fingerprint density at radius 2 is 1.92 bits per heavy atom. The Morgan fingerprint density at radius 1 is 1.25 bits per heavy atom. The first-order chi connectivity index (χ1) is 11.5. The fourth-order valence-corrected chi connectivity index (χ4v) is 3.68. The zero-order valence-corrected chi connectivity index (χ0v) is 15.9. The molecule has 0 fully saturated rings. The number of nitrogens with one attached hydrogen (secondary N) is 1. The van der Waals surface area contributed by atoms with Crippen molar-refractivity contribution in [2.45, 2.75) is 26.3 Å². The number of aromatic nitrogens is 2. The highest BCUT2D eigenvalue weighted by Gasteiger charge is 2.20. The molecule has 0 unspecified atom stereocenters. The number of carbonyl (C=O) groups is 1. The summed E-state index contributed by atoms with van der Waals surface area (Å²) >= 11 is 4.84. The van der Waals surface area contributed by atoms with E-state index < -0.39 is 0 Å². The third-order valence-corrected chi connectivity index (χ3v) is 5.20. The van der Waals surface area contributed by atoms with Crippen LogP contribution in [0.1, 0.15) is 40.7 Å². The van der Waals surface area contributed by atoms with Gasteiger partial charge in [0.15, 0.2) is 5.13 Å². The Morgan fingerprint density at radius 3 is 2.54 bits per heavy atom. The molecule has 124 valence electrons. The number of amides is 1. The lowest BCUT2D eigenvalue weighted by Gasteiger charge is -2.07. The molecule has 1 N–H and O–H groups in total. The van der Waals surface area contributed by atoms with E-state index in [1.54, 1.807) is 0 Å². The average Bonchev–Trinajstić information content (AvgIpc) is 3.23. The van der Waals surface area contributed by atoms with Gasteiger partial charge in [0.1, 0.15) is 4.88 Å². The average molecular weight is 404 g/mol. The second-order valence-electron chi connectivity index (χ2n) is 5.76. The molecule has 24 heavy (non-hydrogen) atoms. The molecule has 0 bridgehead atoms. The summed E-state index contributed by atoms with van der Waals surface area (Å²) in [5.74, 6) is 0.122. The van der Waals surface area contributed by atoms with Crippen LogP contribution in [0.2, 0.25) is 0 Å². The van der Waals surface area contributed by atoms with Crippen molar-refractivity contribution in [2.75, 3.05) is 0 Å². The second-order valence-corrected chi connectivity index (χ2v) is 7.66. The summed E-state index contributed by atoms with van der Waals surface area (Å²) in [5, 5.41) is 3.81. The molecule has 2 heterocycles. The fraction of sp³-hybridized carbons (Fsp3) is 0.222. The van der Waals surface area contributed by atoms with Gasteiger partial charge in [0.25, 0.3) is 5.91 Å². The van der Waals surface area contributed by atoms with Crippen molar-refractivity contribution < 1.29 is 4.79 Å². The smallest absolute Gasteiger partial charge is 0.263 e. The number of benzene rings is 1. The lowest BCUT2D eigenvalue weighted by molar-refractivity contribution is 0.0953. The summed E-state index contributed by atoms with van der Waals surface area (Å²) in [6, 6.07) is 11.8. The predicted octanol–water partition coefficient (Wildman–Crippen LogP) is 4.75.